The first-order valence-electron chi connectivity index (χ1n) is 3.51. The molecular weight excluding hydrogens is 142 g/mol. The standard InChI is InChI=1S/C8H7NO2/c10-7-5-8(11)9-4-2-1-3-6(7)9/h2-4H,1,5H2. The van der Waals surface area contributed by atoms with Crippen LogP contribution in [0.5, 0.6) is 0 Å². The van der Waals surface area contributed by atoms with Crippen LogP contribution in [-0.2, 0) is 9.59 Å². The molecule has 2 aliphatic heterocycles. The molecule has 0 bridgehead atoms. The van der Waals surface area contributed by atoms with Crippen molar-refractivity contribution in [2.45, 2.75) is 12.8 Å². The summed E-state index contributed by atoms with van der Waals surface area (Å²) in [5, 5.41) is 0. The molecule has 0 aromatic rings. The molecule has 56 valence electrons. The predicted molar refractivity (Wildman–Crippen MR) is 38.3 cm³/mol. The Morgan fingerprint density at radius 1 is 1.36 bits per heavy atom. The fourth-order valence-electron chi connectivity index (χ4n) is 1.30. The molecule has 0 aliphatic carbocycles. The number of nitrogens with zero attached hydrogens (tertiary/aromatic N) is 1. The van der Waals surface area contributed by atoms with Crippen molar-refractivity contribution in [1.29, 1.82) is 0 Å². The number of hydrogen-bond donors (Lipinski definition) is 0. The number of amides is 1. The number of fused-ring (bicyclic) bond motifs is 1. The number of Topliss-reactive ketones (excluding diaryl/α,β-unsaturated/α-hetero) is 1. The number of carbonyl (C=O) groups is 2. The maximum Gasteiger partial charge on any atom is 0.239 e. The van der Waals surface area contributed by atoms with Crippen LogP contribution in [0.25, 0.3) is 0 Å². The molecule has 2 aliphatic rings. The number of allylic oxidation sites excluding steroid dienone is 3. The van der Waals surface area contributed by atoms with E-state index in [0.717, 1.165) is 6.42 Å². The van der Waals surface area contributed by atoms with Gasteiger partial charge in [-0.1, -0.05) is 12.2 Å². The molecule has 1 amide bonds. The lowest BCUT2D eigenvalue weighted by Crippen LogP contribution is -2.18. The third kappa shape index (κ3) is 0.808. The van der Waals surface area contributed by atoms with Gasteiger partial charge in [-0.15, -0.1) is 0 Å². The highest BCUT2D eigenvalue weighted by Gasteiger charge is 2.32. The zero-order valence-electron chi connectivity index (χ0n) is 5.91. The second-order valence-corrected chi connectivity index (χ2v) is 2.57. The Kier molecular flexibility index (Phi) is 1.18. The molecule has 1 fully saturated rings. The van der Waals surface area contributed by atoms with Crippen LogP contribution in [0, 0.1) is 0 Å². The van der Waals surface area contributed by atoms with E-state index in [2.05, 4.69) is 0 Å². The molecule has 2 rings (SSSR count). The van der Waals surface area contributed by atoms with Crippen LogP contribution in [0.4, 0.5) is 0 Å². The largest absolute Gasteiger partial charge is 0.292 e. The second-order valence-electron chi connectivity index (χ2n) is 2.57. The highest BCUT2D eigenvalue weighted by Crippen LogP contribution is 2.22. The third-order valence-electron chi connectivity index (χ3n) is 1.83. The van der Waals surface area contributed by atoms with Crippen molar-refractivity contribution < 1.29 is 9.59 Å². The van der Waals surface area contributed by atoms with E-state index in [1.54, 1.807) is 12.3 Å². The van der Waals surface area contributed by atoms with Gasteiger partial charge in [0.1, 0.15) is 0 Å². The zero-order valence-corrected chi connectivity index (χ0v) is 5.91. The number of carbonyl (C=O) groups excluding carboxylic acids is 2. The van der Waals surface area contributed by atoms with E-state index >= 15 is 0 Å². The monoisotopic (exact) mass is 149 g/mol. The average molecular weight is 149 g/mol. The summed E-state index contributed by atoms with van der Waals surface area (Å²) in [6.45, 7) is 0. The van der Waals surface area contributed by atoms with Crippen molar-refractivity contribution in [1.82, 2.24) is 4.90 Å². The summed E-state index contributed by atoms with van der Waals surface area (Å²) < 4.78 is 0. The minimum Gasteiger partial charge on any atom is -0.292 e. The van der Waals surface area contributed by atoms with Crippen molar-refractivity contribution in [2.24, 2.45) is 0 Å². The average Bonchev–Trinajstić information content (AvgIpc) is 2.30. The first-order valence-corrected chi connectivity index (χ1v) is 3.51. The zero-order chi connectivity index (χ0) is 7.84. The Hall–Kier alpha value is -1.38. The Balaban J connectivity index is 2.42. The summed E-state index contributed by atoms with van der Waals surface area (Å²) in [6.07, 6.45) is 6.11. The van der Waals surface area contributed by atoms with E-state index in [0.29, 0.717) is 5.70 Å². The maximum atomic E-state index is 11.1. The summed E-state index contributed by atoms with van der Waals surface area (Å²) in [4.78, 5) is 23.5. The van der Waals surface area contributed by atoms with Gasteiger partial charge in [-0.05, 0) is 6.42 Å². The minimum atomic E-state index is -0.114. The molecular formula is C8H7NO2. The quantitative estimate of drug-likeness (QED) is 0.473. The first-order chi connectivity index (χ1) is 5.29. The first kappa shape index (κ1) is 6.34. The Morgan fingerprint density at radius 2 is 2.18 bits per heavy atom. The minimum absolute atomic E-state index is 0.0379. The molecule has 0 saturated carbocycles. The lowest BCUT2D eigenvalue weighted by atomic mass is 10.2. The summed E-state index contributed by atoms with van der Waals surface area (Å²) in [7, 11) is 0. The van der Waals surface area contributed by atoms with Crippen LogP contribution < -0.4 is 0 Å². The molecule has 0 aromatic heterocycles. The highest BCUT2D eigenvalue weighted by molar-refractivity contribution is 6.15. The van der Waals surface area contributed by atoms with Gasteiger partial charge in [0.25, 0.3) is 0 Å². The van der Waals surface area contributed by atoms with Gasteiger partial charge in [0.2, 0.25) is 5.91 Å². The summed E-state index contributed by atoms with van der Waals surface area (Å²) >= 11 is 0. The second kappa shape index (κ2) is 2.05. The van der Waals surface area contributed by atoms with Gasteiger partial charge < -0.3 is 0 Å². The SMILES string of the molecule is O=C1CC(=O)N2C=CCC=C12. The van der Waals surface area contributed by atoms with E-state index in [9.17, 15) is 9.59 Å². The molecule has 2 heterocycles. The van der Waals surface area contributed by atoms with Crippen molar-refractivity contribution in [2.75, 3.05) is 0 Å². The maximum absolute atomic E-state index is 11.1. The van der Waals surface area contributed by atoms with Gasteiger partial charge in [0.05, 0.1) is 12.1 Å². The van der Waals surface area contributed by atoms with Crippen LogP contribution in [-0.4, -0.2) is 16.6 Å². The van der Waals surface area contributed by atoms with Gasteiger partial charge in [-0.2, -0.15) is 0 Å². The van der Waals surface area contributed by atoms with Gasteiger partial charge in [-0.25, -0.2) is 0 Å². The van der Waals surface area contributed by atoms with E-state index in [1.165, 1.54) is 4.90 Å². The van der Waals surface area contributed by atoms with E-state index < -0.39 is 0 Å². The fourth-order valence-corrected chi connectivity index (χ4v) is 1.30. The molecule has 0 atom stereocenters. The van der Waals surface area contributed by atoms with Crippen molar-refractivity contribution in [3.05, 3.63) is 24.0 Å². The molecule has 3 heteroatoms. The lowest BCUT2D eigenvalue weighted by molar-refractivity contribution is -0.125. The lowest BCUT2D eigenvalue weighted by Gasteiger charge is -2.13. The molecule has 11 heavy (non-hydrogen) atoms. The van der Waals surface area contributed by atoms with Crippen LogP contribution in [0.2, 0.25) is 0 Å². The summed E-state index contributed by atoms with van der Waals surface area (Å²) in [5.41, 5.74) is 0.553. The van der Waals surface area contributed by atoms with Gasteiger partial charge in [0, 0.05) is 6.20 Å². The smallest absolute Gasteiger partial charge is 0.239 e. The molecule has 0 radical (unpaired) electrons. The van der Waals surface area contributed by atoms with Crippen molar-refractivity contribution in [3.63, 3.8) is 0 Å². The van der Waals surface area contributed by atoms with Crippen LogP contribution in [0.15, 0.2) is 24.0 Å². The molecule has 0 N–H and O–H groups in total. The van der Waals surface area contributed by atoms with Gasteiger partial charge >= 0.3 is 0 Å². The van der Waals surface area contributed by atoms with Crippen LogP contribution in [0.1, 0.15) is 12.8 Å². The molecule has 1 saturated heterocycles. The normalized spacial score (nSPS) is 22.2. The number of hydrogen-bond acceptors (Lipinski definition) is 2. The van der Waals surface area contributed by atoms with Crippen LogP contribution >= 0.6 is 0 Å². The predicted octanol–water partition coefficient (Wildman–Crippen LogP) is 0.589. The summed E-state index contributed by atoms with van der Waals surface area (Å²) in [6, 6.07) is 0. The topological polar surface area (TPSA) is 37.4 Å². The van der Waals surface area contributed by atoms with Gasteiger partial charge in [-0.3, -0.25) is 14.5 Å². The Morgan fingerprint density at radius 3 is 2.91 bits per heavy atom. The van der Waals surface area contributed by atoms with E-state index in [1.807, 2.05) is 6.08 Å². The number of rotatable bonds is 0. The molecule has 3 nitrogen and oxygen atoms in total. The molecule has 0 spiro atoms. The Bertz CT molecular complexity index is 288. The van der Waals surface area contributed by atoms with Crippen LogP contribution in [0.3, 0.4) is 0 Å². The highest BCUT2D eigenvalue weighted by atomic mass is 16.2. The van der Waals surface area contributed by atoms with E-state index in [-0.39, 0.29) is 18.1 Å². The van der Waals surface area contributed by atoms with Crippen molar-refractivity contribution in [3.8, 4) is 0 Å². The third-order valence-corrected chi connectivity index (χ3v) is 1.83. The van der Waals surface area contributed by atoms with E-state index in [4.69, 9.17) is 0 Å². The number of ketones is 1. The van der Waals surface area contributed by atoms with Crippen molar-refractivity contribution >= 4 is 11.7 Å². The molecule has 0 aromatic carbocycles. The molecule has 0 unspecified atom stereocenters. The fraction of sp³-hybridized carbons (Fsp3) is 0.250. The summed E-state index contributed by atoms with van der Waals surface area (Å²) in [5.74, 6) is -0.170. The Labute approximate surface area is 64.0 Å². The van der Waals surface area contributed by atoms with Gasteiger partial charge in [0.15, 0.2) is 5.78 Å².